The molecule has 1 aliphatic rings. The van der Waals surface area contributed by atoms with Crippen LogP contribution in [0.2, 0.25) is 5.02 Å². The van der Waals surface area contributed by atoms with Crippen LogP contribution in [-0.2, 0) is 11.0 Å². The van der Waals surface area contributed by atoms with Crippen molar-refractivity contribution in [1.29, 1.82) is 0 Å². The SMILES string of the molecule is O=C(COc1cc(C(F)(F)F)nn1-c1ccccc1Cl)Nc1ccc(N2CCCCC2)cc1. The molecule has 4 rings (SSSR count). The Bertz CT molecular complexity index is 1110. The predicted octanol–water partition coefficient (Wildman–Crippen LogP) is 5.55. The minimum Gasteiger partial charge on any atom is -0.467 e. The molecule has 0 spiro atoms. The normalized spacial score (nSPS) is 14.2. The van der Waals surface area contributed by atoms with E-state index in [0.29, 0.717) is 5.69 Å². The number of piperidine rings is 1. The summed E-state index contributed by atoms with van der Waals surface area (Å²) >= 11 is 6.11. The average Bonchev–Trinajstić information content (AvgIpc) is 3.24. The molecule has 10 heteroatoms. The van der Waals surface area contributed by atoms with Crippen molar-refractivity contribution in [3.63, 3.8) is 0 Å². The van der Waals surface area contributed by atoms with Gasteiger partial charge in [-0.25, -0.2) is 0 Å². The number of halogens is 4. The highest BCUT2D eigenvalue weighted by Gasteiger charge is 2.36. The van der Waals surface area contributed by atoms with Gasteiger partial charge in [-0.2, -0.15) is 23.0 Å². The molecule has 0 aliphatic carbocycles. The highest BCUT2D eigenvalue weighted by molar-refractivity contribution is 6.32. The number of nitrogens with one attached hydrogen (secondary N) is 1. The molecule has 1 amide bonds. The van der Waals surface area contributed by atoms with Crippen LogP contribution < -0.4 is 15.0 Å². The third kappa shape index (κ3) is 5.60. The Labute approximate surface area is 193 Å². The smallest absolute Gasteiger partial charge is 0.435 e. The van der Waals surface area contributed by atoms with Gasteiger partial charge in [0.15, 0.2) is 12.3 Å². The quantitative estimate of drug-likeness (QED) is 0.504. The first-order valence-corrected chi connectivity index (χ1v) is 10.9. The molecule has 1 aliphatic heterocycles. The van der Waals surface area contributed by atoms with E-state index < -0.39 is 24.4 Å². The maximum absolute atomic E-state index is 13.2. The van der Waals surface area contributed by atoms with Gasteiger partial charge in [0.05, 0.1) is 10.7 Å². The number of aromatic nitrogens is 2. The number of benzene rings is 2. The second-order valence-corrected chi connectivity index (χ2v) is 8.07. The van der Waals surface area contributed by atoms with Crippen molar-refractivity contribution in [3.8, 4) is 11.6 Å². The van der Waals surface area contributed by atoms with E-state index in [2.05, 4.69) is 15.3 Å². The van der Waals surface area contributed by atoms with E-state index in [0.717, 1.165) is 42.4 Å². The van der Waals surface area contributed by atoms with Crippen molar-refractivity contribution in [3.05, 3.63) is 65.3 Å². The van der Waals surface area contributed by atoms with Crippen LogP contribution in [0.25, 0.3) is 5.69 Å². The number of alkyl halides is 3. The number of rotatable bonds is 6. The van der Waals surface area contributed by atoms with Gasteiger partial charge in [-0.3, -0.25) is 4.79 Å². The zero-order valence-corrected chi connectivity index (χ0v) is 18.4. The Hall–Kier alpha value is -3.20. The number of ether oxygens (including phenoxy) is 1. The molecule has 0 unspecified atom stereocenters. The molecule has 1 N–H and O–H groups in total. The third-order valence-corrected chi connectivity index (χ3v) is 5.59. The van der Waals surface area contributed by atoms with E-state index >= 15 is 0 Å². The van der Waals surface area contributed by atoms with E-state index in [-0.39, 0.29) is 16.6 Å². The molecule has 0 saturated carbocycles. The Kier molecular flexibility index (Phi) is 6.78. The van der Waals surface area contributed by atoms with Gasteiger partial charge in [-0.1, -0.05) is 23.7 Å². The zero-order chi connectivity index (χ0) is 23.4. The standard InChI is InChI=1S/C23H22ClF3N4O2/c24-18-6-2-3-7-19(18)31-22(14-20(29-31)23(25,26)27)33-15-21(32)28-16-8-10-17(11-9-16)30-12-4-1-5-13-30/h2-3,6-11,14H,1,4-5,12-13,15H2,(H,28,32). The lowest BCUT2D eigenvalue weighted by Crippen LogP contribution is -2.29. The molecule has 3 aromatic rings. The Morgan fingerprint density at radius 2 is 1.76 bits per heavy atom. The number of carbonyl (C=O) groups excluding carboxylic acids is 1. The molecule has 6 nitrogen and oxygen atoms in total. The summed E-state index contributed by atoms with van der Waals surface area (Å²) in [5.74, 6) is -0.757. The molecule has 0 atom stereocenters. The lowest BCUT2D eigenvalue weighted by molar-refractivity contribution is -0.141. The van der Waals surface area contributed by atoms with Crippen LogP contribution in [0.3, 0.4) is 0 Å². The fourth-order valence-electron chi connectivity index (χ4n) is 3.65. The van der Waals surface area contributed by atoms with Crippen LogP contribution in [0.1, 0.15) is 25.0 Å². The molecule has 1 saturated heterocycles. The van der Waals surface area contributed by atoms with Crippen molar-refractivity contribution in [2.75, 3.05) is 29.9 Å². The van der Waals surface area contributed by atoms with E-state index in [1.807, 2.05) is 12.1 Å². The van der Waals surface area contributed by atoms with Gasteiger partial charge in [0.25, 0.3) is 5.91 Å². The highest BCUT2D eigenvalue weighted by Crippen LogP contribution is 2.33. The lowest BCUT2D eigenvalue weighted by Gasteiger charge is -2.28. The maximum atomic E-state index is 13.2. The summed E-state index contributed by atoms with van der Waals surface area (Å²) in [6.45, 7) is 1.53. The van der Waals surface area contributed by atoms with Crippen LogP contribution in [-0.4, -0.2) is 35.4 Å². The number of amides is 1. The Morgan fingerprint density at radius 3 is 2.42 bits per heavy atom. The fourth-order valence-corrected chi connectivity index (χ4v) is 3.86. The second-order valence-electron chi connectivity index (χ2n) is 7.66. The van der Waals surface area contributed by atoms with Gasteiger partial charge in [0, 0.05) is 30.5 Å². The number of anilines is 2. The van der Waals surface area contributed by atoms with E-state index in [9.17, 15) is 18.0 Å². The summed E-state index contributed by atoms with van der Waals surface area (Å²) in [6, 6.07) is 14.5. The van der Waals surface area contributed by atoms with Gasteiger partial charge in [-0.05, 0) is 55.7 Å². The number of hydrogen-bond acceptors (Lipinski definition) is 4. The average molecular weight is 479 g/mol. The zero-order valence-electron chi connectivity index (χ0n) is 17.6. The van der Waals surface area contributed by atoms with Crippen LogP contribution in [0, 0.1) is 0 Å². The van der Waals surface area contributed by atoms with Crippen LogP contribution in [0.15, 0.2) is 54.6 Å². The first kappa shape index (κ1) is 23.0. The summed E-state index contributed by atoms with van der Waals surface area (Å²) in [4.78, 5) is 14.7. The van der Waals surface area contributed by atoms with Crippen molar-refractivity contribution in [2.45, 2.75) is 25.4 Å². The van der Waals surface area contributed by atoms with Gasteiger partial charge in [-0.15, -0.1) is 0 Å². The molecular weight excluding hydrogens is 457 g/mol. The molecule has 2 heterocycles. The van der Waals surface area contributed by atoms with Gasteiger partial charge < -0.3 is 15.0 Å². The third-order valence-electron chi connectivity index (χ3n) is 5.27. The molecule has 2 aromatic carbocycles. The molecule has 1 aromatic heterocycles. The fraction of sp³-hybridized carbons (Fsp3) is 0.304. The summed E-state index contributed by atoms with van der Waals surface area (Å²) in [5.41, 5.74) is 0.719. The monoisotopic (exact) mass is 478 g/mol. The number of para-hydroxylation sites is 1. The topological polar surface area (TPSA) is 59.4 Å². The molecule has 0 radical (unpaired) electrons. The predicted molar refractivity (Wildman–Crippen MR) is 120 cm³/mol. The van der Waals surface area contributed by atoms with Crippen molar-refractivity contribution in [2.24, 2.45) is 0 Å². The summed E-state index contributed by atoms with van der Waals surface area (Å²) < 4.78 is 45.9. The van der Waals surface area contributed by atoms with E-state index in [1.165, 1.54) is 18.6 Å². The van der Waals surface area contributed by atoms with Crippen molar-refractivity contribution >= 4 is 28.9 Å². The van der Waals surface area contributed by atoms with Gasteiger partial charge in [0.2, 0.25) is 5.88 Å². The van der Waals surface area contributed by atoms with E-state index in [1.54, 1.807) is 24.3 Å². The minimum atomic E-state index is -4.68. The van der Waals surface area contributed by atoms with Crippen molar-refractivity contribution < 1.29 is 22.7 Å². The van der Waals surface area contributed by atoms with Crippen LogP contribution >= 0.6 is 11.6 Å². The maximum Gasteiger partial charge on any atom is 0.435 e. The minimum absolute atomic E-state index is 0.192. The first-order chi connectivity index (χ1) is 15.8. The summed E-state index contributed by atoms with van der Waals surface area (Å²) in [7, 11) is 0. The molecule has 174 valence electrons. The highest BCUT2D eigenvalue weighted by atomic mass is 35.5. The second kappa shape index (κ2) is 9.74. The largest absolute Gasteiger partial charge is 0.467 e. The van der Waals surface area contributed by atoms with Crippen molar-refractivity contribution in [1.82, 2.24) is 9.78 Å². The first-order valence-electron chi connectivity index (χ1n) is 10.5. The Balaban J connectivity index is 1.43. The molecule has 1 fully saturated rings. The van der Waals surface area contributed by atoms with Gasteiger partial charge in [0.1, 0.15) is 0 Å². The lowest BCUT2D eigenvalue weighted by atomic mass is 10.1. The number of hydrogen-bond donors (Lipinski definition) is 1. The summed E-state index contributed by atoms with van der Waals surface area (Å²) in [6.07, 6.45) is -1.11. The van der Waals surface area contributed by atoms with Gasteiger partial charge >= 0.3 is 6.18 Å². The molecule has 33 heavy (non-hydrogen) atoms. The van der Waals surface area contributed by atoms with E-state index in [4.69, 9.17) is 16.3 Å². The van der Waals surface area contributed by atoms with Crippen LogP contribution in [0.5, 0.6) is 5.88 Å². The molecule has 0 bridgehead atoms. The Morgan fingerprint density at radius 1 is 1.06 bits per heavy atom. The van der Waals surface area contributed by atoms with Crippen LogP contribution in [0.4, 0.5) is 24.5 Å². The number of nitrogens with zero attached hydrogens (tertiary/aromatic N) is 3. The summed E-state index contributed by atoms with van der Waals surface area (Å²) in [5, 5.41) is 6.46. The molecular formula is C23H22ClF3N4O2. The number of carbonyl (C=O) groups is 1.